The molecule has 1 heterocycles. The molecule has 0 bridgehead atoms. The molecule has 0 radical (unpaired) electrons. The van der Waals surface area contributed by atoms with Crippen molar-refractivity contribution in [1.82, 2.24) is 9.62 Å². The van der Waals surface area contributed by atoms with Gasteiger partial charge < -0.3 is 10.4 Å². The Morgan fingerprint density at radius 3 is 2.44 bits per heavy atom. The van der Waals surface area contributed by atoms with Gasteiger partial charge in [-0.3, -0.25) is 4.79 Å². The van der Waals surface area contributed by atoms with Gasteiger partial charge in [-0.25, -0.2) is 8.42 Å². The van der Waals surface area contributed by atoms with E-state index in [0.29, 0.717) is 36.4 Å². The Balaban J connectivity index is 1.64. The number of hydrogen-bond donors (Lipinski definition) is 2. The number of aromatic hydroxyl groups is 1. The normalized spacial score (nSPS) is 16.2. The van der Waals surface area contributed by atoms with E-state index in [2.05, 4.69) is 5.32 Å². The number of phenols is 1. The molecule has 0 atom stereocenters. The van der Waals surface area contributed by atoms with Gasteiger partial charge >= 0.3 is 0 Å². The molecule has 7 heteroatoms. The van der Waals surface area contributed by atoms with Gasteiger partial charge in [0.05, 0.1) is 4.90 Å². The monoisotopic (exact) mass is 388 g/mol. The third-order valence-electron chi connectivity index (χ3n) is 4.85. The molecule has 144 valence electrons. The summed E-state index contributed by atoms with van der Waals surface area (Å²) in [6, 6.07) is 11.4. The van der Waals surface area contributed by atoms with E-state index in [0.717, 1.165) is 11.1 Å². The summed E-state index contributed by atoms with van der Waals surface area (Å²) in [5, 5.41) is 12.4. The van der Waals surface area contributed by atoms with E-state index in [1.807, 2.05) is 26.0 Å². The van der Waals surface area contributed by atoms with Crippen molar-refractivity contribution in [1.29, 1.82) is 0 Å². The van der Waals surface area contributed by atoms with Gasteiger partial charge in [-0.05, 0) is 56.5 Å². The van der Waals surface area contributed by atoms with Crippen LogP contribution in [0.2, 0.25) is 0 Å². The smallest absolute Gasteiger partial charge is 0.251 e. The van der Waals surface area contributed by atoms with Crippen molar-refractivity contribution in [3.63, 3.8) is 0 Å². The van der Waals surface area contributed by atoms with Crippen LogP contribution in [0.1, 0.15) is 34.3 Å². The van der Waals surface area contributed by atoms with E-state index in [1.165, 1.54) is 16.4 Å². The van der Waals surface area contributed by atoms with Crippen LogP contribution in [-0.2, 0) is 10.0 Å². The standard InChI is InChI=1S/C20H24N2O4S/c1-14-6-7-19(15(2)12-14)27(25,26)22-10-8-17(9-11-22)21-20(24)16-4-3-5-18(23)13-16/h3-7,12-13,17,23H,8-11H2,1-2H3,(H,21,24). The van der Waals surface area contributed by atoms with Gasteiger partial charge in [-0.15, -0.1) is 0 Å². The Labute approximate surface area is 159 Å². The molecule has 0 saturated carbocycles. The van der Waals surface area contributed by atoms with Crippen LogP contribution in [0.4, 0.5) is 0 Å². The average Bonchev–Trinajstić information content (AvgIpc) is 2.62. The zero-order chi connectivity index (χ0) is 19.6. The van der Waals surface area contributed by atoms with Gasteiger partial charge in [-0.2, -0.15) is 4.31 Å². The largest absolute Gasteiger partial charge is 0.508 e. The second-order valence-electron chi connectivity index (χ2n) is 6.97. The summed E-state index contributed by atoms with van der Waals surface area (Å²) in [4.78, 5) is 12.6. The molecule has 2 aromatic rings. The number of amides is 1. The molecule has 1 fully saturated rings. The number of carbonyl (C=O) groups is 1. The molecule has 1 amide bonds. The highest BCUT2D eigenvalue weighted by atomic mass is 32.2. The summed E-state index contributed by atoms with van der Waals surface area (Å²) in [6.45, 7) is 4.47. The van der Waals surface area contributed by atoms with Crippen molar-refractivity contribution in [2.75, 3.05) is 13.1 Å². The molecule has 1 saturated heterocycles. The Bertz CT molecular complexity index is 948. The second-order valence-corrected chi connectivity index (χ2v) is 8.88. The number of phenolic OH excluding ortho intramolecular Hbond substituents is 1. The number of piperidine rings is 1. The van der Waals surface area contributed by atoms with Crippen molar-refractivity contribution in [3.05, 3.63) is 59.2 Å². The molecule has 2 aromatic carbocycles. The maximum absolute atomic E-state index is 12.9. The van der Waals surface area contributed by atoms with Crippen molar-refractivity contribution in [2.45, 2.75) is 37.6 Å². The fourth-order valence-electron chi connectivity index (χ4n) is 3.38. The summed E-state index contributed by atoms with van der Waals surface area (Å²) in [5.74, 6) is -0.224. The number of nitrogens with one attached hydrogen (secondary N) is 1. The lowest BCUT2D eigenvalue weighted by atomic mass is 10.1. The van der Waals surface area contributed by atoms with E-state index < -0.39 is 10.0 Å². The van der Waals surface area contributed by atoms with Gasteiger partial charge in [-0.1, -0.05) is 23.8 Å². The lowest BCUT2D eigenvalue weighted by Crippen LogP contribution is -2.46. The first kappa shape index (κ1) is 19.4. The zero-order valence-electron chi connectivity index (χ0n) is 15.5. The number of nitrogens with zero attached hydrogens (tertiary/aromatic N) is 1. The molecule has 1 aliphatic rings. The van der Waals surface area contributed by atoms with Crippen LogP contribution in [0.25, 0.3) is 0 Å². The molecule has 6 nitrogen and oxygen atoms in total. The molecule has 1 aliphatic heterocycles. The Morgan fingerprint density at radius 2 is 1.81 bits per heavy atom. The molecule has 0 spiro atoms. The molecular weight excluding hydrogens is 364 g/mol. The number of carbonyl (C=O) groups excluding carboxylic acids is 1. The molecule has 0 unspecified atom stereocenters. The number of hydrogen-bond acceptors (Lipinski definition) is 4. The Morgan fingerprint density at radius 1 is 1.11 bits per heavy atom. The van der Waals surface area contributed by atoms with Crippen LogP contribution < -0.4 is 5.32 Å². The fourth-order valence-corrected chi connectivity index (χ4v) is 5.06. The number of rotatable bonds is 4. The highest BCUT2D eigenvalue weighted by Gasteiger charge is 2.31. The number of sulfonamides is 1. The van der Waals surface area contributed by atoms with Crippen molar-refractivity contribution in [3.8, 4) is 5.75 Å². The predicted octanol–water partition coefficient (Wildman–Crippen LogP) is 2.59. The van der Waals surface area contributed by atoms with Crippen LogP contribution in [0.15, 0.2) is 47.4 Å². The lowest BCUT2D eigenvalue weighted by molar-refractivity contribution is 0.0923. The second kappa shape index (κ2) is 7.70. The molecular formula is C20H24N2O4S. The van der Waals surface area contributed by atoms with Crippen LogP contribution in [0.5, 0.6) is 5.75 Å². The molecule has 2 N–H and O–H groups in total. The summed E-state index contributed by atoms with van der Waals surface area (Å²) in [5.41, 5.74) is 2.16. The van der Waals surface area contributed by atoms with E-state index in [9.17, 15) is 18.3 Å². The van der Waals surface area contributed by atoms with E-state index >= 15 is 0 Å². The van der Waals surface area contributed by atoms with Crippen molar-refractivity contribution < 1.29 is 18.3 Å². The summed E-state index contributed by atoms with van der Waals surface area (Å²) in [7, 11) is -3.53. The Hall–Kier alpha value is -2.38. The van der Waals surface area contributed by atoms with Crippen LogP contribution in [-0.4, -0.2) is 42.9 Å². The molecule has 27 heavy (non-hydrogen) atoms. The van der Waals surface area contributed by atoms with E-state index in [-0.39, 0.29) is 17.7 Å². The summed E-state index contributed by atoms with van der Waals surface area (Å²) < 4.78 is 27.3. The number of benzene rings is 2. The highest BCUT2D eigenvalue weighted by Crippen LogP contribution is 2.24. The van der Waals surface area contributed by atoms with Crippen LogP contribution in [0.3, 0.4) is 0 Å². The minimum atomic E-state index is -3.53. The van der Waals surface area contributed by atoms with Gasteiger partial charge in [0.25, 0.3) is 5.91 Å². The fraction of sp³-hybridized carbons (Fsp3) is 0.350. The van der Waals surface area contributed by atoms with Crippen LogP contribution in [0, 0.1) is 13.8 Å². The van der Waals surface area contributed by atoms with E-state index in [4.69, 9.17) is 0 Å². The summed E-state index contributed by atoms with van der Waals surface area (Å²) >= 11 is 0. The van der Waals surface area contributed by atoms with Gasteiger partial charge in [0.15, 0.2) is 0 Å². The minimum absolute atomic E-state index is 0.0389. The lowest BCUT2D eigenvalue weighted by Gasteiger charge is -2.32. The van der Waals surface area contributed by atoms with E-state index in [1.54, 1.807) is 18.2 Å². The highest BCUT2D eigenvalue weighted by molar-refractivity contribution is 7.89. The summed E-state index contributed by atoms with van der Waals surface area (Å²) in [6.07, 6.45) is 1.10. The van der Waals surface area contributed by atoms with Crippen molar-refractivity contribution in [2.24, 2.45) is 0 Å². The third kappa shape index (κ3) is 4.31. The van der Waals surface area contributed by atoms with Gasteiger partial charge in [0.1, 0.15) is 5.75 Å². The minimum Gasteiger partial charge on any atom is -0.508 e. The quantitative estimate of drug-likeness (QED) is 0.843. The topological polar surface area (TPSA) is 86.7 Å². The van der Waals surface area contributed by atoms with Gasteiger partial charge in [0.2, 0.25) is 10.0 Å². The zero-order valence-corrected chi connectivity index (χ0v) is 16.3. The van der Waals surface area contributed by atoms with Gasteiger partial charge in [0, 0.05) is 24.7 Å². The predicted molar refractivity (Wildman–Crippen MR) is 103 cm³/mol. The first-order valence-corrected chi connectivity index (χ1v) is 10.4. The Kier molecular flexibility index (Phi) is 5.53. The molecule has 0 aromatic heterocycles. The number of aryl methyl sites for hydroxylation is 2. The first-order valence-electron chi connectivity index (χ1n) is 8.94. The molecule has 3 rings (SSSR count). The van der Waals surface area contributed by atoms with Crippen LogP contribution >= 0.6 is 0 Å². The maximum Gasteiger partial charge on any atom is 0.251 e. The maximum atomic E-state index is 12.9. The van der Waals surface area contributed by atoms with Crippen molar-refractivity contribution >= 4 is 15.9 Å². The molecule has 0 aliphatic carbocycles. The SMILES string of the molecule is Cc1ccc(S(=O)(=O)N2CCC(NC(=O)c3cccc(O)c3)CC2)c(C)c1. The average molecular weight is 388 g/mol. The third-order valence-corrected chi connectivity index (χ3v) is 6.90. The first-order chi connectivity index (χ1) is 12.8.